The summed E-state index contributed by atoms with van der Waals surface area (Å²) >= 11 is 0. The molecular weight excluding hydrogens is 390 g/mol. The summed E-state index contributed by atoms with van der Waals surface area (Å²) in [5.41, 5.74) is 2.71. The monoisotopic (exact) mass is 415 g/mol. The van der Waals surface area contributed by atoms with Crippen LogP contribution in [0.4, 0.5) is 11.4 Å². The van der Waals surface area contributed by atoms with Gasteiger partial charge in [-0.1, -0.05) is 30.3 Å². The molecule has 2 amide bonds. The van der Waals surface area contributed by atoms with Crippen molar-refractivity contribution in [2.24, 2.45) is 0 Å². The Hall–Kier alpha value is -3.13. The molecule has 0 unspecified atom stereocenters. The van der Waals surface area contributed by atoms with Crippen molar-refractivity contribution in [3.05, 3.63) is 71.8 Å². The Morgan fingerprint density at radius 1 is 1.10 bits per heavy atom. The van der Waals surface area contributed by atoms with Crippen LogP contribution in [0.2, 0.25) is 0 Å². The summed E-state index contributed by atoms with van der Waals surface area (Å²) in [6, 6.07) is 11.8. The first-order valence-corrected chi connectivity index (χ1v) is 10.8. The SMILES string of the molecule is C=CCNC(=O)c1ccccc1NC(=O)CN(c1cccc(C)c1C)S(C)(=O)=O. The first-order valence-electron chi connectivity index (χ1n) is 8.97. The van der Waals surface area contributed by atoms with Crippen molar-refractivity contribution in [1.29, 1.82) is 0 Å². The predicted octanol–water partition coefficient (Wildman–Crippen LogP) is 2.62. The summed E-state index contributed by atoms with van der Waals surface area (Å²) in [7, 11) is -3.70. The number of aryl methyl sites for hydroxylation is 1. The van der Waals surface area contributed by atoms with Crippen LogP contribution in [-0.4, -0.2) is 39.6 Å². The highest BCUT2D eigenvalue weighted by atomic mass is 32.2. The molecule has 0 fully saturated rings. The van der Waals surface area contributed by atoms with E-state index in [2.05, 4.69) is 17.2 Å². The van der Waals surface area contributed by atoms with Gasteiger partial charge < -0.3 is 10.6 Å². The summed E-state index contributed by atoms with van der Waals surface area (Å²) in [5, 5.41) is 5.29. The summed E-state index contributed by atoms with van der Waals surface area (Å²) in [4.78, 5) is 24.9. The minimum Gasteiger partial charge on any atom is -0.349 e. The lowest BCUT2D eigenvalue weighted by Crippen LogP contribution is -2.38. The van der Waals surface area contributed by atoms with Gasteiger partial charge in [0.15, 0.2) is 0 Å². The zero-order valence-electron chi connectivity index (χ0n) is 16.7. The molecule has 0 aliphatic rings. The van der Waals surface area contributed by atoms with E-state index in [9.17, 15) is 18.0 Å². The van der Waals surface area contributed by atoms with Crippen LogP contribution in [0.3, 0.4) is 0 Å². The number of amides is 2. The summed E-state index contributed by atoms with van der Waals surface area (Å²) in [6.45, 7) is 7.10. The average Bonchev–Trinajstić information content (AvgIpc) is 2.66. The van der Waals surface area contributed by atoms with Crippen LogP contribution in [-0.2, 0) is 14.8 Å². The standard InChI is InChI=1S/C21H25N3O4S/c1-5-13-22-21(26)17-10-6-7-11-18(17)23-20(25)14-24(29(4,27)28)19-12-8-9-15(2)16(19)3/h5-12H,1,13-14H2,2-4H3,(H,22,26)(H,23,25). The van der Waals surface area contributed by atoms with E-state index in [1.54, 1.807) is 49.4 Å². The molecule has 0 aliphatic heterocycles. The van der Waals surface area contributed by atoms with E-state index in [4.69, 9.17) is 0 Å². The normalized spacial score (nSPS) is 10.9. The summed E-state index contributed by atoms with van der Waals surface area (Å²) < 4.78 is 25.8. The number of carbonyl (C=O) groups excluding carboxylic acids is 2. The number of hydrogen-bond acceptors (Lipinski definition) is 4. The van der Waals surface area contributed by atoms with Gasteiger partial charge in [-0.05, 0) is 43.2 Å². The number of benzene rings is 2. The Balaban J connectivity index is 2.28. The predicted molar refractivity (Wildman–Crippen MR) is 116 cm³/mol. The number of nitrogens with zero attached hydrogens (tertiary/aromatic N) is 1. The van der Waals surface area contributed by atoms with Crippen molar-refractivity contribution in [2.45, 2.75) is 13.8 Å². The molecule has 0 saturated carbocycles. The quantitative estimate of drug-likeness (QED) is 0.648. The van der Waals surface area contributed by atoms with Crippen molar-refractivity contribution in [2.75, 3.05) is 29.0 Å². The highest BCUT2D eigenvalue weighted by molar-refractivity contribution is 7.92. The molecule has 0 saturated heterocycles. The van der Waals surface area contributed by atoms with E-state index in [1.807, 2.05) is 13.0 Å². The van der Waals surface area contributed by atoms with E-state index < -0.39 is 22.5 Å². The number of rotatable bonds is 8. The van der Waals surface area contributed by atoms with Gasteiger partial charge in [0.1, 0.15) is 6.54 Å². The minimum atomic E-state index is -3.70. The number of carbonyl (C=O) groups is 2. The van der Waals surface area contributed by atoms with E-state index in [0.717, 1.165) is 21.7 Å². The van der Waals surface area contributed by atoms with Gasteiger partial charge >= 0.3 is 0 Å². The van der Waals surface area contributed by atoms with Gasteiger partial charge in [0, 0.05) is 6.54 Å². The second kappa shape index (κ2) is 9.38. The fourth-order valence-corrected chi connectivity index (χ4v) is 3.66. The van der Waals surface area contributed by atoms with Crippen LogP contribution in [0.15, 0.2) is 55.1 Å². The van der Waals surface area contributed by atoms with E-state index in [1.165, 1.54) is 0 Å². The van der Waals surface area contributed by atoms with Crippen LogP contribution in [0.25, 0.3) is 0 Å². The zero-order chi connectivity index (χ0) is 21.6. The molecule has 154 valence electrons. The third kappa shape index (κ3) is 5.68. The number of anilines is 2. The van der Waals surface area contributed by atoms with Crippen molar-refractivity contribution in [1.82, 2.24) is 5.32 Å². The van der Waals surface area contributed by atoms with Crippen molar-refractivity contribution < 1.29 is 18.0 Å². The van der Waals surface area contributed by atoms with E-state index in [-0.39, 0.29) is 18.0 Å². The first-order chi connectivity index (χ1) is 13.6. The second-order valence-electron chi connectivity index (χ2n) is 6.58. The van der Waals surface area contributed by atoms with Gasteiger partial charge in [0.25, 0.3) is 5.91 Å². The molecule has 0 bridgehead atoms. The molecule has 0 aliphatic carbocycles. The molecule has 7 nitrogen and oxygen atoms in total. The summed E-state index contributed by atoms with van der Waals surface area (Å²) in [5.74, 6) is -0.921. The Labute approximate surface area is 171 Å². The van der Waals surface area contributed by atoms with Gasteiger partial charge in [-0.3, -0.25) is 13.9 Å². The average molecular weight is 416 g/mol. The lowest BCUT2D eigenvalue weighted by Gasteiger charge is -2.24. The van der Waals surface area contributed by atoms with Crippen molar-refractivity contribution in [3.63, 3.8) is 0 Å². The van der Waals surface area contributed by atoms with Crippen LogP contribution in [0.5, 0.6) is 0 Å². The molecule has 0 spiro atoms. The Morgan fingerprint density at radius 3 is 2.45 bits per heavy atom. The van der Waals surface area contributed by atoms with Crippen LogP contribution < -0.4 is 14.9 Å². The van der Waals surface area contributed by atoms with E-state index in [0.29, 0.717) is 11.4 Å². The summed E-state index contributed by atoms with van der Waals surface area (Å²) in [6.07, 6.45) is 2.60. The maximum Gasteiger partial charge on any atom is 0.253 e. The molecule has 2 rings (SSSR count). The fraction of sp³-hybridized carbons (Fsp3) is 0.238. The highest BCUT2D eigenvalue weighted by Gasteiger charge is 2.23. The molecule has 0 radical (unpaired) electrons. The Kier molecular flexibility index (Phi) is 7.17. The molecule has 2 aromatic carbocycles. The van der Waals surface area contributed by atoms with Crippen LogP contribution in [0, 0.1) is 13.8 Å². The van der Waals surface area contributed by atoms with Gasteiger partial charge in [0.05, 0.1) is 23.2 Å². The van der Waals surface area contributed by atoms with Gasteiger partial charge in [-0.25, -0.2) is 8.42 Å². The van der Waals surface area contributed by atoms with Crippen LogP contribution in [0.1, 0.15) is 21.5 Å². The lowest BCUT2D eigenvalue weighted by atomic mass is 10.1. The van der Waals surface area contributed by atoms with Gasteiger partial charge in [0.2, 0.25) is 15.9 Å². The highest BCUT2D eigenvalue weighted by Crippen LogP contribution is 2.25. The zero-order valence-corrected chi connectivity index (χ0v) is 17.5. The molecular formula is C21H25N3O4S. The van der Waals surface area contributed by atoms with Gasteiger partial charge in [-0.2, -0.15) is 0 Å². The number of para-hydroxylation sites is 1. The fourth-order valence-electron chi connectivity index (χ4n) is 2.76. The maximum absolute atomic E-state index is 12.7. The number of nitrogens with one attached hydrogen (secondary N) is 2. The topological polar surface area (TPSA) is 95.6 Å². The largest absolute Gasteiger partial charge is 0.349 e. The lowest BCUT2D eigenvalue weighted by molar-refractivity contribution is -0.114. The Bertz CT molecular complexity index is 1030. The number of sulfonamides is 1. The first kappa shape index (κ1) is 22.2. The minimum absolute atomic E-state index is 0.278. The van der Waals surface area contributed by atoms with Crippen molar-refractivity contribution in [3.8, 4) is 0 Å². The third-order valence-corrected chi connectivity index (χ3v) is 5.51. The van der Waals surface area contributed by atoms with Gasteiger partial charge in [-0.15, -0.1) is 6.58 Å². The Morgan fingerprint density at radius 2 is 1.79 bits per heavy atom. The molecule has 2 aromatic rings. The van der Waals surface area contributed by atoms with E-state index >= 15 is 0 Å². The third-order valence-electron chi connectivity index (χ3n) is 4.39. The number of hydrogen-bond donors (Lipinski definition) is 2. The molecule has 0 heterocycles. The van der Waals surface area contributed by atoms with Crippen LogP contribution >= 0.6 is 0 Å². The van der Waals surface area contributed by atoms with Crippen molar-refractivity contribution >= 4 is 33.2 Å². The maximum atomic E-state index is 12.7. The molecule has 0 atom stereocenters. The molecule has 0 aromatic heterocycles. The molecule has 8 heteroatoms. The molecule has 2 N–H and O–H groups in total. The second-order valence-corrected chi connectivity index (χ2v) is 8.49. The molecule has 29 heavy (non-hydrogen) atoms. The smallest absolute Gasteiger partial charge is 0.253 e.